The van der Waals surface area contributed by atoms with Crippen molar-refractivity contribution in [1.29, 1.82) is 0 Å². The third kappa shape index (κ3) is 3.47. The molecule has 1 heterocycles. The van der Waals surface area contributed by atoms with E-state index in [-0.39, 0.29) is 12.4 Å². The Kier molecular flexibility index (Phi) is 4.40. The van der Waals surface area contributed by atoms with Crippen LogP contribution in [0.5, 0.6) is 5.75 Å². The number of hydrogen-bond acceptors (Lipinski definition) is 4. The van der Waals surface area contributed by atoms with E-state index >= 15 is 0 Å². The van der Waals surface area contributed by atoms with Crippen LogP contribution in [0.1, 0.15) is 5.69 Å². The maximum Gasteiger partial charge on any atom is 0.200 e. The normalized spacial score (nSPS) is 10.7. The van der Waals surface area contributed by atoms with Crippen LogP contribution in [0, 0.1) is 11.6 Å². The smallest absolute Gasteiger partial charge is 0.200 e. The van der Waals surface area contributed by atoms with Gasteiger partial charge < -0.3 is 10.1 Å². The number of hydrogen-bond donors (Lipinski definition) is 1. The molecule has 102 valence electrons. The molecule has 0 saturated heterocycles. The molecule has 0 bridgehead atoms. The molecule has 1 aromatic carbocycles. The van der Waals surface area contributed by atoms with E-state index in [0.717, 1.165) is 11.8 Å². The molecule has 2 rings (SSSR count). The molecule has 1 N–H and O–H groups in total. The van der Waals surface area contributed by atoms with Crippen LogP contribution in [0.3, 0.4) is 0 Å². The Morgan fingerprint density at radius 2 is 2.21 bits per heavy atom. The number of nitrogens with zero attached hydrogens (tertiary/aromatic N) is 3. The van der Waals surface area contributed by atoms with Crippen LogP contribution < -0.4 is 10.1 Å². The van der Waals surface area contributed by atoms with E-state index in [9.17, 15) is 8.78 Å². The summed E-state index contributed by atoms with van der Waals surface area (Å²) in [5.74, 6) is -2.00. The van der Waals surface area contributed by atoms with Gasteiger partial charge in [0.1, 0.15) is 6.61 Å². The van der Waals surface area contributed by atoms with Gasteiger partial charge in [0.05, 0.1) is 12.2 Å². The summed E-state index contributed by atoms with van der Waals surface area (Å²) in [6.45, 7) is 1.22. The predicted molar refractivity (Wildman–Crippen MR) is 64.6 cm³/mol. The molecule has 0 aliphatic carbocycles. The third-order valence-electron chi connectivity index (χ3n) is 2.44. The van der Waals surface area contributed by atoms with Gasteiger partial charge in [-0.25, -0.2) is 9.07 Å². The molecule has 2 aromatic rings. The third-order valence-corrected chi connectivity index (χ3v) is 2.44. The lowest BCUT2D eigenvalue weighted by molar-refractivity contribution is 0.272. The Morgan fingerprint density at radius 3 is 3.00 bits per heavy atom. The zero-order valence-electron chi connectivity index (χ0n) is 10.4. The fraction of sp³-hybridized carbons (Fsp3) is 0.333. The van der Waals surface area contributed by atoms with E-state index in [4.69, 9.17) is 4.74 Å². The van der Waals surface area contributed by atoms with Gasteiger partial charge in [-0.05, 0) is 19.2 Å². The second-order valence-corrected chi connectivity index (χ2v) is 3.90. The average molecular weight is 268 g/mol. The first kappa shape index (κ1) is 13.4. The van der Waals surface area contributed by atoms with Gasteiger partial charge in [-0.15, -0.1) is 5.10 Å². The Balaban J connectivity index is 1.87. The number of benzene rings is 1. The van der Waals surface area contributed by atoms with Gasteiger partial charge in [0, 0.05) is 12.7 Å². The summed E-state index contributed by atoms with van der Waals surface area (Å²) in [5, 5.41) is 10.8. The van der Waals surface area contributed by atoms with Crippen molar-refractivity contribution >= 4 is 0 Å². The van der Waals surface area contributed by atoms with Gasteiger partial charge in [0.25, 0.3) is 0 Å². The molecule has 19 heavy (non-hydrogen) atoms. The highest BCUT2D eigenvalue weighted by molar-refractivity contribution is 5.24. The van der Waals surface area contributed by atoms with Crippen molar-refractivity contribution in [3.8, 4) is 5.75 Å². The molecular formula is C12H14F2N4O. The molecule has 0 fully saturated rings. The van der Waals surface area contributed by atoms with Gasteiger partial charge in [0.2, 0.25) is 5.82 Å². The first-order chi connectivity index (χ1) is 9.20. The largest absolute Gasteiger partial charge is 0.488 e. The lowest BCUT2D eigenvalue weighted by Crippen LogP contribution is -2.10. The Bertz CT molecular complexity index is 544. The first-order valence-corrected chi connectivity index (χ1v) is 5.81. The number of aromatic nitrogens is 3. The summed E-state index contributed by atoms with van der Waals surface area (Å²) in [6, 6.07) is 3.82. The van der Waals surface area contributed by atoms with Crippen LogP contribution >= 0.6 is 0 Å². The molecule has 0 unspecified atom stereocenters. The van der Waals surface area contributed by atoms with Gasteiger partial charge in [-0.3, -0.25) is 0 Å². The average Bonchev–Trinajstić information content (AvgIpc) is 2.83. The number of nitrogens with one attached hydrogen (secondary N) is 1. The fourth-order valence-electron chi connectivity index (χ4n) is 1.55. The standard InChI is InChI=1S/C12H14F2N4O/c1-15-7-9-8-18(17-16-9)5-6-19-11-4-2-3-10(13)12(11)14/h2-4,8,15H,5-7H2,1H3. The van der Waals surface area contributed by atoms with Crippen LogP contribution in [0.15, 0.2) is 24.4 Å². The predicted octanol–water partition coefficient (Wildman–Crippen LogP) is 1.35. The van der Waals surface area contributed by atoms with Crippen LogP contribution in [-0.4, -0.2) is 28.6 Å². The Hall–Kier alpha value is -2.02. The number of halogens is 2. The maximum atomic E-state index is 13.3. The summed E-state index contributed by atoms with van der Waals surface area (Å²) in [5.41, 5.74) is 0.805. The van der Waals surface area contributed by atoms with Crippen LogP contribution in [-0.2, 0) is 13.1 Å². The SMILES string of the molecule is CNCc1cn(CCOc2cccc(F)c2F)nn1. The van der Waals surface area contributed by atoms with E-state index in [1.807, 2.05) is 7.05 Å². The first-order valence-electron chi connectivity index (χ1n) is 5.81. The molecule has 0 aliphatic heterocycles. The van der Waals surface area contributed by atoms with Crippen molar-refractivity contribution < 1.29 is 13.5 Å². The van der Waals surface area contributed by atoms with Crippen molar-refractivity contribution in [2.45, 2.75) is 13.1 Å². The topological polar surface area (TPSA) is 52.0 Å². The van der Waals surface area contributed by atoms with Gasteiger partial charge in [-0.2, -0.15) is 4.39 Å². The lowest BCUT2D eigenvalue weighted by Gasteiger charge is -2.07. The number of ether oxygens (including phenoxy) is 1. The highest BCUT2D eigenvalue weighted by Gasteiger charge is 2.08. The second-order valence-electron chi connectivity index (χ2n) is 3.90. The summed E-state index contributed by atoms with van der Waals surface area (Å²) >= 11 is 0. The van der Waals surface area contributed by atoms with E-state index in [1.54, 1.807) is 10.9 Å². The zero-order chi connectivity index (χ0) is 13.7. The van der Waals surface area contributed by atoms with Gasteiger partial charge in [0.15, 0.2) is 11.6 Å². The minimum absolute atomic E-state index is 0.101. The molecule has 1 aromatic heterocycles. The van der Waals surface area contributed by atoms with Crippen LogP contribution in [0.25, 0.3) is 0 Å². The monoisotopic (exact) mass is 268 g/mol. The Morgan fingerprint density at radius 1 is 1.37 bits per heavy atom. The molecule has 0 saturated carbocycles. The fourth-order valence-corrected chi connectivity index (χ4v) is 1.55. The van der Waals surface area contributed by atoms with Crippen molar-refractivity contribution in [3.63, 3.8) is 0 Å². The maximum absolute atomic E-state index is 13.3. The summed E-state index contributed by atoms with van der Waals surface area (Å²) < 4.78 is 33.0. The van der Waals surface area contributed by atoms with E-state index < -0.39 is 11.6 Å². The molecule has 0 atom stereocenters. The molecule has 0 spiro atoms. The summed E-state index contributed by atoms with van der Waals surface area (Å²) in [7, 11) is 1.81. The minimum Gasteiger partial charge on any atom is -0.488 e. The van der Waals surface area contributed by atoms with Crippen LogP contribution in [0.2, 0.25) is 0 Å². The highest BCUT2D eigenvalue weighted by atomic mass is 19.2. The van der Waals surface area contributed by atoms with Gasteiger partial charge in [-0.1, -0.05) is 11.3 Å². The van der Waals surface area contributed by atoms with Crippen molar-refractivity contribution in [2.75, 3.05) is 13.7 Å². The molecule has 5 nitrogen and oxygen atoms in total. The van der Waals surface area contributed by atoms with Crippen molar-refractivity contribution in [3.05, 3.63) is 41.7 Å². The Labute approximate surface area is 109 Å². The summed E-state index contributed by atoms with van der Waals surface area (Å²) in [6.07, 6.45) is 1.77. The second kappa shape index (κ2) is 6.24. The van der Waals surface area contributed by atoms with E-state index in [1.165, 1.54) is 12.1 Å². The van der Waals surface area contributed by atoms with Crippen LogP contribution in [0.4, 0.5) is 8.78 Å². The summed E-state index contributed by atoms with van der Waals surface area (Å²) in [4.78, 5) is 0. The zero-order valence-corrected chi connectivity index (χ0v) is 10.4. The molecule has 7 heteroatoms. The molecule has 0 amide bonds. The van der Waals surface area contributed by atoms with E-state index in [0.29, 0.717) is 13.1 Å². The molecular weight excluding hydrogens is 254 g/mol. The lowest BCUT2D eigenvalue weighted by atomic mass is 10.3. The van der Waals surface area contributed by atoms with Crippen molar-refractivity contribution in [1.82, 2.24) is 20.3 Å². The highest BCUT2D eigenvalue weighted by Crippen LogP contribution is 2.18. The van der Waals surface area contributed by atoms with Gasteiger partial charge >= 0.3 is 0 Å². The number of rotatable bonds is 6. The molecule has 0 radical (unpaired) electrons. The quantitative estimate of drug-likeness (QED) is 0.859. The van der Waals surface area contributed by atoms with E-state index in [2.05, 4.69) is 15.6 Å². The van der Waals surface area contributed by atoms with Crippen molar-refractivity contribution in [2.24, 2.45) is 0 Å². The molecule has 0 aliphatic rings. The minimum atomic E-state index is -0.975.